The number of rotatable bonds is 6. The van der Waals surface area contributed by atoms with Crippen LogP contribution in [-0.4, -0.2) is 37.5 Å². The molecule has 1 aromatic rings. The van der Waals surface area contributed by atoms with E-state index in [4.69, 9.17) is 15.9 Å². The van der Waals surface area contributed by atoms with Gasteiger partial charge in [-0.05, 0) is 49.9 Å². The van der Waals surface area contributed by atoms with Gasteiger partial charge in [0.25, 0.3) is 0 Å². The third kappa shape index (κ3) is 3.73. The molecule has 4 nitrogen and oxygen atoms in total. The second-order valence-electron chi connectivity index (χ2n) is 5.76. The van der Waals surface area contributed by atoms with Crippen molar-refractivity contribution in [2.24, 2.45) is 0 Å². The largest absolute Gasteiger partial charge is 0.493 e. The van der Waals surface area contributed by atoms with Crippen molar-refractivity contribution in [3.8, 4) is 23.8 Å². The van der Waals surface area contributed by atoms with Gasteiger partial charge in [0.2, 0.25) is 0 Å². The summed E-state index contributed by atoms with van der Waals surface area (Å²) in [6.07, 6.45) is 10.1. The topological polar surface area (TPSA) is 50.7 Å². The predicted octanol–water partition coefficient (Wildman–Crippen LogP) is 2.14. The predicted molar refractivity (Wildman–Crippen MR) is 87.3 cm³/mol. The molecule has 0 bridgehead atoms. The molecule has 0 heterocycles. The summed E-state index contributed by atoms with van der Waals surface area (Å²) < 4.78 is 10.5. The molecule has 0 radical (unpaired) electrons. The first-order chi connectivity index (χ1) is 10.6. The maximum absolute atomic E-state index is 10.5. The third-order valence-electron chi connectivity index (χ3n) is 4.38. The molecular formula is C18H25NO3. The standard InChI is InChI=1S/C18H25NO3/c1-4-18(20)11-6-5-7-17(18)19-12-10-14-8-9-15(21-2)16(13-14)22-3/h1,8-9,13,17,19-20H,5-7,10-12H2,2-3H3/t17-,18-/m0/s1. The first-order valence-electron chi connectivity index (χ1n) is 7.77. The van der Waals surface area contributed by atoms with Gasteiger partial charge < -0.3 is 19.9 Å². The van der Waals surface area contributed by atoms with Crippen LogP contribution in [0.15, 0.2) is 18.2 Å². The molecule has 1 saturated carbocycles. The SMILES string of the molecule is C#C[C@]1(O)CCCC[C@@H]1NCCc1ccc(OC)c(OC)c1. The van der Waals surface area contributed by atoms with Gasteiger partial charge in [-0.3, -0.25) is 0 Å². The molecule has 0 amide bonds. The lowest BCUT2D eigenvalue weighted by atomic mass is 9.81. The summed E-state index contributed by atoms with van der Waals surface area (Å²) in [6, 6.07) is 5.89. The molecule has 0 spiro atoms. The fourth-order valence-corrected chi connectivity index (χ4v) is 3.03. The number of hydrogen-bond donors (Lipinski definition) is 2. The van der Waals surface area contributed by atoms with Gasteiger partial charge in [-0.2, -0.15) is 0 Å². The van der Waals surface area contributed by atoms with Gasteiger partial charge >= 0.3 is 0 Å². The van der Waals surface area contributed by atoms with E-state index >= 15 is 0 Å². The van der Waals surface area contributed by atoms with E-state index in [0.717, 1.165) is 49.3 Å². The lowest BCUT2D eigenvalue weighted by Crippen LogP contribution is -2.52. The molecule has 1 aliphatic carbocycles. The maximum Gasteiger partial charge on any atom is 0.160 e. The van der Waals surface area contributed by atoms with Crippen molar-refractivity contribution in [1.29, 1.82) is 0 Å². The first-order valence-corrected chi connectivity index (χ1v) is 7.77. The minimum absolute atomic E-state index is 0.0219. The Hall–Kier alpha value is -1.70. The van der Waals surface area contributed by atoms with Crippen LogP contribution in [0.5, 0.6) is 11.5 Å². The fourth-order valence-electron chi connectivity index (χ4n) is 3.03. The molecule has 2 rings (SSSR count). The Morgan fingerprint density at radius 1 is 1.32 bits per heavy atom. The Kier molecular flexibility index (Phi) is 5.70. The molecule has 22 heavy (non-hydrogen) atoms. The Balaban J connectivity index is 1.92. The van der Waals surface area contributed by atoms with Crippen molar-refractivity contribution < 1.29 is 14.6 Å². The van der Waals surface area contributed by atoms with Crippen LogP contribution in [-0.2, 0) is 6.42 Å². The summed E-state index contributed by atoms with van der Waals surface area (Å²) in [5, 5.41) is 13.9. The lowest BCUT2D eigenvalue weighted by molar-refractivity contribution is 0.0265. The van der Waals surface area contributed by atoms with Crippen LogP contribution in [0.25, 0.3) is 0 Å². The Morgan fingerprint density at radius 3 is 2.77 bits per heavy atom. The average Bonchev–Trinajstić information content (AvgIpc) is 2.56. The summed E-state index contributed by atoms with van der Waals surface area (Å²) >= 11 is 0. The molecule has 0 aromatic heterocycles. The van der Waals surface area contributed by atoms with Gasteiger partial charge in [-0.1, -0.05) is 18.4 Å². The number of ether oxygens (including phenoxy) is 2. The number of methoxy groups -OCH3 is 2. The van der Waals surface area contributed by atoms with Crippen molar-refractivity contribution in [3.63, 3.8) is 0 Å². The summed E-state index contributed by atoms with van der Waals surface area (Å²) in [7, 11) is 3.26. The van der Waals surface area contributed by atoms with Crippen molar-refractivity contribution in [2.75, 3.05) is 20.8 Å². The molecule has 1 fully saturated rings. The molecule has 2 N–H and O–H groups in total. The number of terminal acetylenes is 1. The summed E-state index contributed by atoms with van der Waals surface area (Å²) in [4.78, 5) is 0. The van der Waals surface area contributed by atoms with Gasteiger partial charge in [0.05, 0.1) is 14.2 Å². The van der Waals surface area contributed by atoms with E-state index in [1.54, 1.807) is 14.2 Å². The smallest absolute Gasteiger partial charge is 0.160 e. The van der Waals surface area contributed by atoms with Crippen molar-refractivity contribution in [1.82, 2.24) is 5.32 Å². The minimum atomic E-state index is -1.00. The third-order valence-corrected chi connectivity index (χ3v) is 4.38. The second-order valence-corrected chi connectivity index (χ2v) is 5.76. The quantitative estimate of drug-likeness (QED) is 0.791. The van der Waals surface area contributed by atoms with Gasteiger partial charge in [0, 0.05) is 6.04 Å². The van der Waals surface area contributed by atoms with Crippen LogP contribution in [0.4, 0.5) is 0 Å². The fraction of sp³-hybridized carbons (Fsp3) is 0.556. The number of aliphatic hydroxyl groups is 1. The number of nitrogens with one attached hydrogen (secondary N) is 1. The summed E-state index contributed by atoms with van der Waals surface area (Å²) in [6.45, 7) is 0.768. The van der Waals surface area contributed by atoms with E-state index in [1.165, 1.54) is 0 Å². The lowest BCUT2D eigenvalue weighted by Gasteiger charge is -2.36. The zero-order valence-corrected chi connectivity index (χ0v) is 13.4. The molecular weight excluding hydrogens is 278 g/mol. The van der Waals surface area contributed by atoms with E-state index in [2.05, 4.69) is 11.2 Å². The molecule has 2 atom stereocenters. The normalized spacial score (nSPS) is 24.5. The van der Waals surface area contributed by atoms with Crippen LogP contribution >= 0.6 is 0 Å². The monoisotopic (exact) mass is 303 g/mol. The second kappa shape index (κ2) is 7.53. The Morgan fingerprint density at radius 2 is 2.09 bits per heavy atom. The molecule has 4 heteroatoms. The van der Waals surface area contributed by atoms with Crippen molar-refractivity contribution in [2.45, 2.75) is 43.7 Å². The highest BCUT2D eigenvalue weighted by atomic mass is 16.5. The highest BCUT2D eigenvalue weighted by molar-refractivity contribution is 5.42. The van der Waals surface area contributed by atoms with Crippen molar-refractivity contribution in [3.05, 3.63) is 23.8 Å². The first kappa shape index (κ1) is 16.7. The molecule has 1 aliphatic rings. The number of hydrogen-bond acceptors (Lipinski definition) is 4. The molecule has 120 valence electrons. The van der Waals surface area contributed by atoms with Crippen LogP contribution in [0.2, 0.25) is 0 Å². The van der Waals surface area contributed by atoms with E-state index in [1.807, 2.05) is 18.2 Å². The van der Waals surface area contributed by atoms with Gasteiger partial charge in [0.1, 0.15) is 5.60 Å². The van der Waals surface area contributed by atoms with E-state index in [0.29, 0.717) is 6.42 Å². The zero-order chi connectivity index (χ0) is 16.0. The molecule has 0 saturated heterocycles. The van der Waals surface area contributed by atoms with Crippen LogP contribution in [0.3, 0.4) is 0 Å². The van der Waals surface area contributed by atoms with Gasteiger partial charge in [-0.25, -0.2) is 0 Å². The Bertz CT molecular complexity index is 538. The molecule has 1 aromatic carbocycles. The summed E-state index contributed by atoms with van der Waals surface area (Å²) in [5.74, 6) is 4.03. The van der Waals surface area contributed by atoms with E-state index < -0.39 is 5.60 Å². The van der Waals surface area contributed by atoms with Crippen LogP contribution in [0.1, 0.15) is 31.2 Å². The number of benzene rings is 1. The van der Waals surface area contributed by atoms with Gasteiger partial charge in [0.15, 0.2) is 11.5 Å². The zero-order valence-electron chi connectivity index (χ0n) is 13.4. The highest BCUT2D eigenvalue weighted by Gasteiger charge is 2.36. The van der Waals surface area contributed by atoms with Crippen LogP contribution < -0.4 is 14.8 Å². The Labute approximate surface area is 132 Å². The van der Waals surface area contributed by atoms with Crippen molar-refractivity contribution >= 4 is 0 Å². The average molecular weight is 303 g/mol. The molecule has 0 unspecified atom stereocenters. The highest BCUT2D eigenvalue weighted by Crippen LogP contribution is 2.29. The van der Waals surface area contributed by atoms with E-state index in [9.17, 15) is 5.11 Å². The van der Waals surface area contributed by atoms with Crippen LogP contribution in [0, 0.1) is 12.3 Å². The maximum atomic E-state index is 10.5. The minimum Gasteiger partial charge on any atom is -0.493 e. The molecule has 0 aliphatic heterocycles. The summed E-state index contributed by atoms with van der Waals surface area (Å²) in [5.41, 5.74) is 0.153. The van der Waals surface area contributed by atoms with Gasteiger partial charge in [-0.15, -0.1) is 6.42 Å². The van der Waals surface area contributed by atoms with E-state index in [-0.39, 0.29) is 6.04 Å².